The van der Waals surface area contributed by atoms with Crippen molar-refractivity contribution in [2.75, 3.05) is 18.4 Å². The van der Waals surface area contributed by atoms with Crippen molar-refractivity contribution >= 4 is 17.6 Å². The Labute approximate surface area is 203 Å². The quantitative estimate of drug-likeness (QED) is 0.595. The Morgan fingerprint density at radius 1 is 1.06 bits per heavy atom. The molecule has 2 aliphatic rings. The Balaban J connectivity index is 1.34. The third-order valence-electron chi connectivity index (χ3n) is 6.99. The number of benzene rings is 2. The second-order valence-corrected chi connectivity index (χ2v) is 9.89. The number of carbonyl (C=O) groups excluding carboxylic acids is 2. The summed E-state index contributed by atoms with van der Waals surface area (Å²) >= 11 is 0. The molecule has 9 heteroatoms. The molecule has 2 aromatic carbocycles. The number of nitrogens with two attached hydrogens (primary N) is 1. The zero-order valence-electron chi connectivity index (χ0n) is 20.2. The molecule has 4 rings (SSSR count). The molecule has 35 heavy (non-hydrogen) atoms. The lowest BCUT2D eigenvalue weighted by atomic mass is 9.98. The fourth-order valence-electron chi connectivity index (χ4n) is 5.16. The average Bonchev–Trinajstić information content (AvgIpc) is 3.40. The van der Waals surface area contributed by atoms with Crippen molar-refractivity contribution in [3.63, 3.8) is 0 Å². The molecule has 188 valence electrons. The minimum atomic E-state index is -1.26. The van der Waals surface area contributed by atoms with Crippen molar-refractivity contribution in [2.24, 2.45) is 5.73 Å². The highest BCUT2D eigenvalue weighted by molar-refractivity contribution is 5.92. The van der Waals surface area contributed by atoms with Crippen molar-refractivity contribution in [1.82, 2.24) is 9.80 Å². The van der Waals surface area contributed by atoms with Crippen LogP contribution in [0.2, 0.25) is 0 Å². The molecule has 3 N–H and O–H groups in total. The van der Waals surface area contributed by atoms with Gasteiger partial charge in [-0.25, -0.2) is 18.0 Å². The van der Waals surface area contributed by atoms with Gasteiger partial charge in [0.15, 0.2) is 11.6 Å². The third kappa shape index (κ3) is 5.15. The lowest BCUT2D eigenvalue weighted by molar-refractivity contribution is -0.133. The van der Waals surface area contributed by atoms with E-state index in [4.69, 9.17) is 5.73 Å². The van der Waals surface area contributed by atoms with Gasteiger partial charge in [-0.2, -0.15) is 0 Å². The SMILES string of the molecule is Cc1cccc(C(C)C)c1NC(=O)N1C[C@@H]2C[C@@H]1CN2C(=O)C[C@H](N)Cc1cc(F)c(F)cc1F. The number of piperazine rings is 1. The summed E-state index contributed by atoms with van der Waals surface area (Å²) in [6.07, 6.45) is 0.561. The molecular formula is C26H31F3N4O2. The van der Waals surface area contributed by atoms with Gasteiger partial charge in [0.1, 0.15) is 5.82 Å². The number of hydrogen-bond donors (Lipinski definition) is 2. The minimum absolute atomic E-state index is 0.0468. The summed E-state index contributed by atoms with van der Waals surface area (Å²) in [6, 6.07) is 6.12. The number of fused-ring (bicyclic) bond motifs is 2. The first-order chi connectivity index (χ1) is 16.5. The molecule has 2 aromatic rings. The minimum Gasteiger partial charge on any atom is -0.336 e. The van der Waals surface area contributed by atoms with Gasteiger partial charge in [-0.1, -0.05) is 32.0 Å². The Hall–Kier alpha value is -3.07. The van der Waals surface area contributed by atoms with Crippen LogP contribution in [0.5, 0.6) is 0 Å². The topological polar surface area (TPSA) is 78.7 Å². The number of carbonyl (C=O) groups is 2. The van der Waals surface area contributed by atoms with Crippen molar-refractivity contribution < 1.29 is 22.8 Å². The first-order valence-electron chi connectivity index (χ1n) is 11.9. The zero-order valence-corrected chi connectivity index (χ0v) is 20.2. The third-order valence-corrected chi connectivity index (χ3v) is 6.99. The number of amides is 3. The van der Waals surface area contributed by atoms with Crippen LogP contribution in [0.25, 0.3) is 0 Å². The summed E-state index contributed by atoms with van der Waals surface area (Å²) in [4.78, 5) is 29.4. The number of aryl methyl sites for hydroxylation is 1. The maximum atomic E-state index is 13.9. The predicted octanol–water partition coefficient (Wildman–Crippen LogP) is 4.31. The van der Waals surface area contributed by atoms with E-state index in [0.29, 0.717) is 25.6 Å². The second kappa shape index (κ2) is 9.89. The van der Waals surface area contributed by atoms with Crippen LogP contribution in [-0.2, 0) is 11.2 Å². The van der Waals surface area contributed by atoms with E-state index in [1.165, 1.54) is 0 Å². The van der Waals surface area contributed by atoms with Crippen molar-refractivity contribution in [1.29, 1.82) is 0 Å². The lowest BCUT2D eigenvalue weighted by Gasteiger charge is -2.35. The summed E-state index contributed by atoms with van der Waals surface area (Å²) in [6.45, 7) is 6.97. The number of rotatable bonds is 6. The Bertz CT molecular complexity index is 1140. The van der Waals surface area contributed by atoms with Gasteiger partial charge in [0.25, 0.3) is 0 Å². The maximum Gasteiger partial charge on any atom is 0.322 e. The standard InChI is InChI=1S/C26H31F3N4O2/c1-14(2)20-6-4-5-15(3)25(20)31-26(35)33-13-18-10-19(33)12-32(18)24(34)9-17(30)7-16-8-22(28)23(29)11-21(16)27/h4-6,8,11,14,17-19H,7,9-10,12-13,30H2,1-3H3,(H,31,35)/t17-,18+,19-/m1/s1. The van der Waals surface area contributed by atoms with E-state index in [1.54, 1.807) is 9.80 Å². The van der Waals surface area contributed by atoms with Gasteiger partial charge < -0.3 is 20.9 Å². The van der Waals surface area contributed by atoms with Crippen LogP contribution in [-0.4, -0.2) is 53.0 Å². The van der Waals surface area contributed by atoms with Gasteiger partial charge in [0.2, 0.25) is 5.91 Å². The fraction of sp³-hybridized carbons (Fsp3) is 0.462. The van der Waals surface area contributed by atoms with Crippen LogP contribution in [0, 0.1) is 24.4 Å². The van der Waals surface area contributed by atoms with Crippen LogP contribution >= 0.6 is 0 Å². The zero-order chi connectivity index (χ0) is 25.4. The number of halogens is 3. The first kappa shape index (κ1) is 25.0. The smallest absolute Gasteiger partial charge is 0.322 e. The summed E-state index contributed by atoms with van der Waals surface area (Å²) in [5.74, 6) is -3.23. The number of nitrogens with zero attached hydrogens (tertiary/aromatic N) is 2. The second-order valence-electron chi connectivity index (χ2n) is 9.89. The molecule has 2 aliphatic heterocycles. The monoisotopic (exact) mass is 488 g/mol. The van der Waals surface area contributed by atoms with E-state index in [0.717, 1.165) is 22.9 Å². The largest absolute Gasteiger partial charge is 0.336 e. The molecule has 2 heterocycles. The number of likely N-dealkylation sites (tertiary alicyclic amines) is 2. The van der Waals surface area contributed by atoms with Gasteiger partial charge in [-0.05, 0) is 48.4 Å². The number of anilines is 1. The maximum absolute atomic E-state index is 13.9. The van der Waals surface area contributed by atoms with Crippen LogP contribution in [0.3, 0.4) is 0 Å². The fourth-order valence-corrected chi connectivity index (χ4v) is 5.16. The van der Waals surface area contributed by atoms with Crippen LogP contribution < -0.4 is 11.1 Å². The molecule has 0 saturated carbocycles. The van der Waals surface area contributed by atoms with E-state index in [-0.39, 0.29) is 48.3 Å². The van der Waals surface area contributed by atoms with E-state index in [2.05, 4.69) is 19.2 Å². The van der Waals surface area contributed by atoms with Crippen molar-refractivity contribution in [3.05, 3.63) is 64.5 Å². The summed E-state index contributed by atoms with van der Waals surface area (Å²) in [5, 5.41) is 3.08. The summed E-state index contributed by atoms with van der Waals surface area (Å²) in [7, 11) is 0. The molecule has 2 bridgehead atoms. The lowest BCUT2D eigenvalue weighted by Crippen LogP contribution is -2.52. The van der Waals surface area contributed by atoms with E-state index in [9.17, 15) is 22.8 Å². The highest BCUT2D eigenvalue weighted by Crippen LogP contribution is 2.33. The van der Waals surface area contributed by atoms with Crippen LogP contribution in [0.1, 0.15) is 49.3 Å². The molecular weight excluding hydrogens is 457 g/mol. The molecule has 2 saturated heterocycles. The van der Waals surface area contributed by atoms with Gasteiger partial charge in [-0.15, -0.1) is 0 Å². The average molecular weight is 489 g/mol. The highest BCUT2D eigenvalue weighted by Gasteiger charge is 2.47. The van der Waals surface area contributed by atoms with Crippen LogP contribution in [0.15, 0.2) is 30.3 Å². The van der Waals surface area contributed by atoms with E-state index >= 15 is 0 Å². The molecule has 0 spiro atoms. The number of nitrogens with one attached hydrogen (secondary N) is 1. The molecule has 3 atom stereocenters. The number of para-hydroxylation sites is 1. The predicted molar refractivity (Wildman–Crippen MR) is 128 cm³/mol. The van der Waals surface area contributed by atoms with Crippen molar-refractivity contribution in [2.45, 2.75) is 64.1 Å². The molecule has 2 fully saturated rings. The molecule has 0 unspecified atom stereocenters. The Kier molecular flexibility index (Phi) is 7.07. The van der Waals surface area contributed by atoms with Gasteiger partial charge >= 0.3 is 6.03 Å². The first-order valence-corrected chi connectivity index (χ1v) is 11.9. The van der Waals surface area contributed by atoms with Gasteiger partial charge in [0.05, 0.1) is 12.1 Å². The molecule has 0 aromatic heterocycles. The van der Waals surface area contributed by atoms with Crippen LogP contribution in [0.4, 0.5) is 23.7 Å². The van der Waals surface area contributed by atoms with E-state index < -0.39 is 23.5 Å². The summed E-state index contributed by atoms with van der Waals surface area (Å²) in [5.41, 5.74) is 8.88. The Morgan fingerprint density at radius 2 is 1.71 bits per heavy atom. The summed E-state index contributed by atoms with van der Waals surface area (Å²) < 4.78 is 40.5. The van der Waals surface area contributed by atoms with Gasteiger partial charge in [-0.3, -0.25) is 4.79 Å². The van der Waals surface area contributed by atoms with Crippen molar-refractivity contribution in [3.8, 4) is 0 Å². The Morgan fingerprint density at radius 3 is 2.37 bits per heavy atom. The van der Waals surface area contributed by atoms with Gasteiger partial charge in [0, 0.05) is 37.3 Å². The molecule has 0 radical (unpaired) electrons. The number of hydrogen-bond acceptors (Lipinski definition) is 3. The number of urea groups is 1. The normalized spacial score (nSPS) is 20.0. The highest BCUT2D eigenvalue weighted by atomic mass is 19.2. The molecule has 3 amide bonds. The molecule has 6 nitrogen and oxygen atoms in total. The van der Waals surface area contributed by atoms with E-state index in [1.807, 2.05) is 25.1 Å². The molecule has 0 aliphatic carbocycles.